The molecule has 9 nitrogen and oxygen atoms in total. The first-order valence-electron chi connectivity index (χ1n) is 10.9. The maximum Gasteiger partial charge on any atom is 0.251 e. The molecule has 32 heavy (non-hydrogen) atoms. The van der Waals surface area contributed by atoms with Crippen LogP contribution in [-0.4, -0.2) is 64.2 Å². The summed E-state index contributed by atoms with van der Waals surface area (Å²) in [6, 6.07) is 7.66. The van der Waals surface area contributed by atoms with Gasteiger partial charge in [0.05, 0.1) is 36.4 Å². The van der Waals surface area contributed by atoms with E-state index in [1.807, 2.05) is 42.7 Å². The summed E-state index contributed by atoms with van der Waals surface area (Å²) in [6.07, 6.45) is 0. The fourth-order valence-electron chi connectivity index (χ4n) is 3.43. The first kappa shape index (κ1) is 24.1. The van der Waals surface area contributed by atoms with Crippen molar-refractivity contribution >= 4 is 33.7 Å². The van der Waals surface area contributed by atoms with E-state index in [1.165, 1.54) is 0 Å². The number of fused-ring (bicyclic) bond motifs is 3. The van der Waals surface area contributed by atoms with Crippen LogP contribution in [0.1, 0.15) is 33.5 Å². The van der Waals surface area contributed by atoms with Gasteiger partial charge in [-0.1, -0.05) is 18.2 Å². The van der Waals surface area contributed by atoms with Gasteiger partial charge in [0, 0.05) is 18.6 Å². The summed E-state index contributed by atoms with van der Waals surface area (Å²) in [6.45, 7) is 9.70. The van der Waals surface area contributed by atoms with E-state index in [0.717, 1.165) is 10.9 Å². The molecule has 3 aromatic rings. The van der Waals surface area contributed by atoms with Gasteiger partial charge in [0.25, 0.3) is 5.91 Å². The van der Waals surface area contributed by atoms with E-state index < -0.39 is 5.60 Å². The highest BCUT2D eigenvalue weighted by Crippen LogP contribution is 2.31. The van der Waals surface area contributed by atoms with Crippen LogP contribution in [0.3, 0.4) is 0 Å². The summed E-state index contributed by atoms with van der Waals surface area (Å²) in [5, 5.41) is 14.3. The van der Waals surface area contributed by atoms with E-state index in [0.29, 0.717) is 55.6 Å². The molecule has 3 rings (SSSR count). The lowest BCUT2D eigenvalue weighted by molar-refractivity contribution is -0.121. The van der Waals surface area contributed by atoms with Gasteiger partial charge in [0.2, 0.25) is 0 Å². The third kappa shape index (κ3) is 6.01. The lowest BCUT2D eigenvalue weighted by atomic mass is 10.1. The van der Waals surface area contributed by atoms with Crippen molar-refractivity contribution in [1.29, 1.82) is 0 Å². The van der Waals surface area contributed by atoms with Crippen molar-refractivity contribution in [2.75, 3.05) is 38.4 Å². The number of anilines is 1. The molecule has 0 saturated heterocycles. The van der Waals surface area contributed by atoms with E-state index in [-0.39, 0.29) is 19.1 Å². The number of carbonyl (C=O) groups excluding carboxylic acids is 1. The van der Waals surface area contributed by atoms with Crippen LogP contribution in [-0.2, 0) is 32.2 Å². The Morgan fingerprint density at radius 2 is 1.81 bits per heavy atom. The van der Waals surface area contributed by atoms with Crippen LogP contribution in [0, 0.1) is 0 Å². The van der Waals surface area contributed by atoms with Gasteiger partial charge in [-0.05, 0) is 33.8 Å². The molecule has 2 aromatic heterocycles. The number of para-hydroxylation sites is 1. The normalized spacial score (nSPS) is 12.0. The van der Waals surface area contributed by atoms with E-state index in [4.69, 9.17) is 19.2 Å². The molecular formula is C23H32N4O5. The molecule has 0 spiro atoms. The molecule has 0 saturated carbocycles. The minimum atomic E-state index is -0.975. The number of amides is 1. The van der Waals surface area contributed by atoms with Gasteiger partial charge < -0.3 is 29.2 Å². The van der Waals surface area contributed by atoms with E-state index in [2.05, 4.69) is 10.3 Å². The molecule has 1 amide bonds. The van der Waals surface area contributed by atoms with Crippen molar-refractivity contribution in [2.45, 2.75) is 46.4 Å². The lowest BCUT2D eigenvalue weighted by Crippen LogP contribution is -2.27. The average Bonchev–Trinajstić information content (AvgIpc) is 3.09. The summed E-state index contributed by atoms with van der Waals surface area (Å²) in [7, 11) is 0. The maximum atomic E-state index is 12.5. The number of nitrogens with zero attached hydrogens (tertiary/aromatic N) is 3. The molecule has 0 aliphatic heterocycles. The summed E-state index contributed by atoms with van der Waals surface area (Å²) in [5.41, 5.74) is 1.08. The Morgan fingerprint density at radius 1 is 1.09 bits per heavy atom. The molecule has 174 valence electrons. The van der Waals surface area contributed by atoms with Crippen molar-refractivity contribution in [3.05, 3.63) is 30.1 Å². The van der Waals surface area contributed by atoms with Gasteiger partial charge in [-0.3, -0.25) is 4.79 Å². The third-order valence-corrected chi connectivity index (χ3v) is 4.71. The number of benzene rings is 1. The molecule has 0 aliphatic rings. The predicted molar refractivity (Wildman–Crippen MR) is 123 cm³/mol. The minimum Gasteiger partial charge on any atom is -0.389 e. The highest BCUT2D eigenvalue weighted by Gasteiger charge is 2.23. The van der Waals surface area contributed by atoms with Gasteiger partial charge in [0.15, 0.2) is 5.82 Å². The fourth-order valence-corrected chi connectivity index (χ4v) is 3.43. The number of imidazole rings is 1. The molecule has 0 radical (unpaired) electrons. The van der Waals surface area contributed by atoms with Crippen molar-refractivity contribution in [1.82, 2.24) is 14.5 Å². The zero-order valence-corrected chi connectivity index (χ0v) is 19.2. The standard InChI is InChI=1S/C23H32N4O5/c1-5-30-11-12-32-14-19(28)26-22-20-21(16-9-7-8-10-17(16)24-22)27(15-23(3,4)29)18(25-20)13-31-6-2/h7-10,29H,5-6,11-15H2,1-4H3,(H,24,26,28). The first-order chi connectivity index (χ1) is 15.3. The SMILES string of the molecule is CCOCCOCC(=O)Nc1nc2ccccc2c2c1nc(COCC)n2CC(C)(C)O. The Morgan fingerprint density at radius 3 is 2.53 bits per heavy atom. The smallest absolute Gasteiger partial charge is 0.251 e. The molecule has 1 aromatic carbocycles. The maximum absolute atomic E-state index is 12.5. The van der Waals surface area contributed by atoms with Crippen LogP contribution in [0.25, 0.3) is 21.9 Å². The number of carbonyl (C=O) groups is 1. The number of ether oxygens (including phenoxy) is 3. The van der Waals surface area contributed by atoms with Crippen LogP contribution in [0.5, 0.6) is 0 Å². The quantitative estimate of drug-likeness (QED) is 0.414. The molecule has 9 heteroatoms. The first-order valence-corrected chi connectivity index (χ1v) is 10.9. The number of aromatic nitrogens is 3. The summed E-state index contributed by atoms with van der Waals surface area (Å²) < 4.78 is 18.2. The Labute approximate surface area is 187 Å². The minimum absolute atomic E-state index is 0.112. The second-order valence-corrected chi connectivity index (χ2v) is 8.04. The number of hydrogen-bond donors (Lipinski definition) is 2. The molecule has 0 bridgehead atoms. The van der Waals surface area contributed by atoms with Crippen LogP contribution in [0.2, 0.25) is 0 Å². The molecule has 2 N–H and O–H groups in total. The molecule has 2 heterocycles. The number of hydrogen-bond acceptors (Lipinski definition) is 7. The van der Waals surface area contributed by atoms with Crippen molar-refractivity contribution in [2.24, 2.45) is 0 Å². The van der Waals surface area contributed by atoms with Crippen molar-refractivity contribution in [3.8, 4) is 0 Å². The third-order valence-electron chi connectivity index (χ3n) is 4.71. The van der Waals surface area contributed by atoms with Crippen LogP contribution < -0.4 is 5.32 Å². The Bertz CT molecular complexity index is 1060. The molecular weight excluding hydrogens is 412 g/mol. The zero-order chi connectivity index (χ0) is 23.1. The average molecular weight is 445 g/mol. The summed E-state index contributed by atoms with van der Waals surface area (Å²) in [5.74, 6) is 0.684. The fraction of sp³-hybridized carbons (Fsp3) is 0.522. The number of rotatable bonds is 12. The summed E-state index contributed by atoms with van der Waals surface area (Å²) in [4.78, 5) is 21.9. The van der Waals surface area contributed by atoms with Crippen molar-refractivity contribution in [3.63, 3.8) is 0 Å². The zero-order valence-electron chi connectivity index (χ0n) is 19.2. The number of aliphatic hydroxyl groups is 1. The predicted octanol–water partition coefficient (Wildman–Crippen LogP) is 2.88. The second kappa shape index (κ2) is 10.8. The van der Waals surface area contributed by atoms with Gasteiger partial charge in [-0.15, -0.1) is 0 Å². The topological polar surface area (TPSA) is 108 Å². The number of pyridine rings is 1. The van der Waals surface area contributed by atoms with Gasteiger partial charge in [-0.2, -0.15) is 0 Å². The van der Waals surface area contributed by atoms with Gasteiger partial charge in [-0.25, -0.2) is 9.97 Å². The Kier molecular flexibility index (Phi) is 8.14. The molecule has 0 unspecified atom stereocenters. The Balaban J connectivity index is 2.01. The highest BCUT2D eigenvalue weighted by molar-refractivity contribution is 6.09. The summed E-state index contributed by atoms with van der Waals surface area (Å²) >= 11 is 0. The highest BCUT2D eigenvalue weighted by atomic mass is 16.5. The van der Waals surface area contributed by atoms with E-state index in [9.17, 15) is 9.90 Å². The Hall–Kier alpha value is -2.59. The van der Waals surface area contributed by atoms with E-state index in [1.54, 1.807) is 13.8 Å². The molecule has 0 fully saturated rings. The van der Waals surface area contributed by atoms with Gasteiger partial charge in [0.1, 0.15) is 24.6 Å². The lowest BCUT2D eigenvalue weighted by Gasteiger charge is -2.20. The van der Waals surface area contributed by atoms with Gasteiger partial charge >= 0.3 is 0 Å². The second-order valence-electron chi connectivity index (χ2n) is 8.04. The van der Waals surface area contributed by atoms with E-state index >= 15 is 0 Å². The molecule has 0 atom stereocenters. The van der Waals surface area contributed by atoms with Crippen LogP contribution in [0.4, 0.5) is 5.82 Å². The monoisotopic (exact) mass is 444 g/mol. The number of nitrogens with one attached hydrogen (secondary N) is 1. The molecule has 0 aliphatic carbocycles. The van der Waals surface area contributed by atoms with Crippen LogP contribution in [0.15, 0.2) is 24.3 Å². The van der Waals surface area contributed by atoms with Crippen molar-refractivity contribution < 1.29 is 24.1 Å². The van der Waals surface area contributed by atoms with Crippen LogP contribution >= 0.6 is 0 Å². The largest absolute Gasteiger partial charge is 0.389 e.